The predicted octanol–water partition coefficient (Wildman–Crippen LogP) is 2.74. The van der Waals surface area contributed by atoms with Gasteiger partial charge in [-0.1, -0.05) is 27.2 Å². The van der Waals surface area contributed by atoms with Gasteiger partial charge in [0.25, 0.3) is 0 Å². The van der Waals surface area contributed by atoms with Gasteiger partial charge in [0.2, 0.25) is 0 Å². The van der Waals surface area contributed by atoms with E-state index in [2.05, 4.69) is 64.4 Å². The van der Waals surface area contributed by atoms with E-state index in [0.29, 0.717) is 24.8 Å². The third-order valence-electron chi connectivity index (χ3n) is 2.70. The molecule has 2 radical (unpaired) electrons. The molecule has 0 aromatic heterocycles. The van der Waals surface area contributed by atoms with Crippen molar-refractivity contribution in [2.24, 2.45) is 5.41 Å². The monoisotopic (exact) mass is 519 g/mol. The molecule has 152 valence electrons. The quantitative estimate of drug-likeness (QED) is 0.342. The van der Waals surface area contributed by atoms with Crippen LogP contribution in [0.4, 0.5) is 0 Å². The van der Waals surface area contributed by atoms with Crippen molar-refractivity contribution in [2.45, 2.75) is 52.9 Å². The molecule has 0 bridgehead atoms. The van der Waals surface area contributed by atoms with Crippen molar-refractivity contribution in [3.63, 3.8) is 0 Å². The van der Waals surface area contributed by atoms with Crippen molar-refractivity contribution in [1.82, 2.24) is 16.0 Å². The Kier molecular flexibility index (Phi) is 41.2. The van der Waals surface area contributed by atoms with Gasteiger partial charge in [-0.15, -0.1) is 25.9 Å². The summed E-state index contributed by atoms with van der Waals surface area (Å²) in [6, 6.07) is 0. The van der Waals surface area contributed by atoms with E-state index in [1.807, 2.05) is 7.05 Å². The molecule has 0 unspecified atom stereocenters. The second-order valence-corrected chi connectivity index (χ2v) is 6.32. The first-order valence-electron chi connectivity index (χ1n) is 8.53. The minimum absolute atomic E-state index is 0. The summed E-state index contributed by atoms with van der Waals surface area (Å²) in [5, 5.41) is 8.12. The van der Waals surface area contributed by atoms with Crippen LogP contribution in [0.25, 0.3) is 0 Å². The number of unbranched alkanes of at least 4 members (excludes halogenated alkanes) is 1. The molecule has 0 aliphatic rings. The molecule has 7 heteroatoms. The average molecular weight is 519 g/mol. The van der Waals surface area contributed by atoms with Crippen LogP contribution in [0.5, 0.6) is 0 Å². The van der Waals surface area contributed by atoms with Gasteiger partial charge in [-0.05, 0) is 25.3 Å². The summed E-state index contributed by atoms with van der Waals surface area (Å²) in [7, 11) is 1.87. The molecule has 26 heavy (non-hydrogen) atoms. The molecule has 0 aromatic rings. The first-order valence-corrected chi connectivity index (χ1v) is 8.53. The van der Waals surface area contributed by atoms with E-state index < -0.39 is 0 Å². The van der Waals surface area contributed by atoms with Gasteiger partial charge >= 0.3 is 0 Å². The maximum absolute atomic E-state index is 10.8. The van der Waals surface area contributed by atoms with E-state index >= 15 is 0 Å². The molecule has 2 amide bonds. The predicted molar refractivity (Wildman–Crippen MR) is 104 cm³/mol. The number of carbonyl (C=O) groups is 2. The third-order valence-corrected chi connectivity index (χ3v) is 2.70. The fraction of sp³-hybridized carbons (Fsp3) is 0.684. The van der Waals surface area contributed by atoms with Crippen LogP contribution in [0, 0.1) is 33.1 Å². The second kappa shape index (κ2) is 28.3. The van der Waals surface area contributed by atoms with Crippen LogP contribution in [0.1, 0.15) is 52.9 Å². The maximum Gasteiger partial charge on any atom is 0.189 e. The van der Waals surface area contributed by atoms with Gasteiger partial charge < -0.3 is 43.6 Å². The van der Waals surface area contributed by atoms with Gasteiger partial charge in [0.15, 0.2) is 11.8 Å². The van der Waals surface area contributed by atoms with Crippen LogP contribution >= 0.6 is 0 Å². The van der Waals surface area contributed by atoms with E-state index in [1.165, 1.54) is 12.8 Å². The zero-order valence-electron chi connectivity index (χ0n) is 17.5. The number of nitrogens with one attached hydrogen (secondary N) is 3. The van der Waals surface area contributed by atoms with E-state index in [4.69, 9.17) is 0 Å². The van der Waals surface area contributed by atoms with Gasteiger partial charge in [-0.25, -0.2) is 0 Å². The molecule has 0 aliphatic heterocycles. The Balaban J connectivity index is -0.0000000963. The van der Waals surface area contributed by atoms with Crippen LogP contribution < -0.4 is 16.0 Å². The van der Waals surface area contributed by atoms with Gasteiger partial charge in [0.05, 0.1) is 0 Å². The van der Waals surface area contributed by atoms with Crippen molar-refractivity contribution in [3.8, 4) is 0 Å². The Hall–Kier alpha value is 1.11. The molecule has 0 atom stereocenters. The normalized spacial score (nSPS) is 9.08. The largest absolute Gasteiger partial charge is 0.388 e. The molecule has 3 N–H and O–H groups in total. The van der Waals surface area contributed by atoms with E-state index in [1.54, 1.807) is 0 Å². The molecule has 0 rings (SSSR count). The molecule has 0 saturated heterocycles. The van der Waals surface area contributed by atoms with Crippen molar-refractivity contribution in [1.29, 1.82) is 0 Å². The Morgan fingerprint density at radius 1 is 0.808 bits per heavy atom. The SMILES string of the molecule is [CH2-]CC(=O)NCCCCC(C)(C)C.[CH2-]CNC.[CH2-]CNC(=O)C[CH2-].[Y].[Y]. The Bertz CT molecular complexity index is 295. The fourth-order valence-electron chi connectivity index (χ4n) is 1.32. The number of carbonyl (C=O) groups excluding carboxylic acids is 2. The van der Waals surface area contributed by atoms with Crippen molar-refractivity contribution < 1.29 is 75.0 Å². The van der Waals surface area contributed by atoms with Gasteiger partial charge in [-0.2, -0.15) is 0 Å². The Morgan fingerprint density at radius 2 is 1.23 bits per heavy atom. The third kappa shape index (κ3) is 44.5. The van der Waals surface area contributed by atoms with Crippen LogP contribution in [0.3, 0.4) is 0 Å². The van der Waals surface area contributed by atoms with Gasteiger partial charge in [0.1, 0.15) is 0 Å². The molecule has 5 nitrogen and oxygen atoms in total. The molecule has 0 aliphatic carbocycles. The zero-order chi connectivity index (χ0) is 19.4. The molecule has 0 fully saturated rings. The molecular formula is C19H39N3O2Y2-4. The summed E-state index contributed by atoms with van der Waals surface area (Å²) in [5.74, 6) is 0.00533. The van der Waals surface area contributed by atoms with Gasteiger partial charge in [0, 0.05) is 72.0 Å². The molecule has 0 saturated carbocycles. The van der Waals surface area contributed by atoms with Crippen LogP contribution in [-0.4, -0.2) is 38.5 Å². The molecule has 0 spiro atoms. The topological polar surface area (TPSA) is 70.2 Å². The molecular weight excluding hydrogens is 480 g/mol. The van der Waals surface area contributed by atoms with Crippen LogP contribution in [0.2, 0.25) is 0 Å². The minimum Gasteiger partial charge on any atom is -0.388 e. The number of amides is 2. The standard InChI is InChI=1S/C11H22NO.C5H9NO.C3H8N.2Y/c1-5-10(13)12-9-7-6-8-11(2,3)4;1-3-5(7)6-4-2;1-3-4-2;;/h1,5-9H2,2-4H3,(H,12,13);1-4H2,(H,6,7);4H,1,3H2,2H3;;/q-1;-2;-1;;. The number of hydrogen-bond donors (Lipinski definition) is 3. The summed E-state index contributed by atoms with van der Waals surface area (Å²) in [6.07, 6.45) is 4.12. The minimum atomic E-state index is -0.0463. The summed E-state index contributed by atoms with van der Waals surface area (Å²) in [6.45, 7) is 22.6. The van der Waals surface area contributed by atoms with Gasteiger partial charge in [-0.3, -0.25) is 9.59 Å². The Morgan fingerprint density at radius 3 is 1.50 bits per heavy atom. The van der Waals surface area contributed by atoms with E-state index in [0.717, 1.165) is 19.5 Å². The van der Waals surface area contributed by atoms with Crippen molar-refractivity contribution >= 4 is 11.8 Å². The second-order valence-electron chi connectivity index (χ2n) is 6.32. The van der Waals surface area contributed by atoms with Crippen molar-refractivity contribution in [2.75, 3.05) is 26.7 Å². The summed E-state index contributed by atoms with van der Waals surface area (Å²) in [5.41, 5.74) is 0.413. The van der Waals surface area contributed by atoms with Crippen LogP contribution in [-0.2, 0) is 75.0 Å². The zero-order valence-corrected chi connectivity index (χ0v) is 23.1. The van der Waals surface area contributed by atoms with E-state index in [9.17, 15) is 9.59 Å². The van der Waals surface area contributed by atoms with Crippen molar-refractivity contribution in [3.05, 3.63) is 27.7 Å². The van der Waals surface area contributed by atoms with E-state index in [-0.39, 0.29) is 77.2 Å². The smallest absolute Gasteiger partial charge is 0.189 e. The Labute approximate surface area is 213 Å². The molecule has 0 aromatic carbocycles. The maximum atomic E-state index is 10.8. The molecule has 0 heterocycles. The number of rotatable bonds is 8. The average Bonchev–Trinajstić information content (AvgIpc) is 2.54. The van der Waals surface area contributed by atoms with Crippen LogP contribution in [0.15, 0.2) is 0 Å². The number of hydrogen-bond acceptors (Lipinski definition) is 3. The first-order chi connectivity index (χ1) is 11.2. The summed E-state index contributed by atoms with van der Waals surface area (Å²) < 4.78 is 0. The fourth-order valence-corrected chi connectivity index (χ4v) is 1.32. The first kappa shape index (κ1) is 37.8. The summed E-state index contributed by atoms with van der Waals surface area (Å²) >= 11 is 0. The summed E-state index contributed by atoms with van der Waals surface area (Å²) in [4.78, 5) is 21.0.